The first-order chi connectivity index (χ1) is 21.5. The van der Waals surface area contributed by atoms with Gasteiger partial charge in [0.25, 0.3) is 11.8 Å². The molecule has 5 N–H and O–H groups in total. The first kappa shape index (κ1) is 30.9. The van der Waals surface area contributed by atoms with Gasteiger partial charge < -0.3 is 26.4 Å². The molecule has 3 aromatic rings. The number of likely N-dealkylation sites (tertiary alicyclic amines) is 1. The average molecular weight is 653 g/mol. The smallest absolute Gasteiger partial charge is 0.279 e. The quantitative estimate of drug-likeness (QED) is 0.372. The van der Waals surface area contributed by atoms with Crippen LogP contribution in [-0.2, 0) is 14.8 Å². The van der Waals surface area contributed by atoms with Gasteiger partial charge in [-0.15, -0.1) is 0 Å². The van der Waals surface area contributed by atoms with E-state index in [4.69, 9.17) is 32.8 Å². The van der Waals surface area contributed by atoms with Crippen molar-refractivity contribution in [1.29, 1.82) is 0 Å². The molecule has 0 aliphatic carbocycles. The Hall–Kier alpha value is -4.11. The number of hydrogen-bond donors (Lipinski definition) is 3. The highest BCUT2D eigenvalue weighted by Crippen LogP contribution is 2.36. The van der Waals surface area contributed by atoms with Gasteiger partial charge in [0.15, 0.2) is 22.5 Å². The van der Waals surface area contributed by atoms with E-state index in [0.717, 1.165) is 5.56 Å². The van der Waals surface area contributed by atoms with Crippen molar-refractivity contribution in [2.45, 2.75) is 42.2 Å². The summed E-state index contributed by atoms with van der Waals surface area (Å²) in [5.41, 5.74) is 12.1. The minimum Gasteiger partial charge on any atom is -0.382 e. The first-order valence-corrected chi connectivity index (χ1v) is 16.4. The summed E-state index contributed by atoms with van der Waals surface area (Å²) < 4.78 is 34.5. The molecule has 2 saturated heterocycles. The number of anilines is 2. The molecule has 4 heterocycles. The van der Waals surface area contributed by atoms with Gasteiger partial charge in [-0.3, -0.25) is 14.6 Å². The van der Waals surface area contributed by atoms with Gasteiger partial charge in [-0.2, -0.15) is 4.31 Å². The zero-order valence-corrected chi connectivity index (χ0v) is 25.9. The van der Waals surface area contributed by atoms with Crippen molar-refractivity contribution < 1.29 is 22.7 Å². The largest absolute Gasteiger partial charge is 0.382 e. The standard InChI is InChI=1S/C30H33ClN8O5S/c31-25-27(33)36-26(32)24(35-25)28(40)34-23-9-10-30(37-23)11-13-38(14-12-30)29(41)20-7-4-8-21(17-20)45(42,43)39-15-16-44-22(18-39)19-5-2-1-3-6-19/h1-8,17,22H,9-16,18H2,(H4,32,33,36)(H,34,37,40). The molecule has 1 aromatic heterocycles. The predicted molar refractivity (Wildman–Crippen MR) is 168 cm³/mol. The molecule has 0 saturated carbocycles. The van der Waals surface area contributed by atoms with Crippen molar-refractivity contribution in [3.8, 4) is 0 Å². The summed E-state index contributed by atoms with van der Waals surface area (Å²) >= 11 is 5.91. The maximum atomic E-state index is 13.6. The number of piperidine rings is 1. The van der Waals surface area contributed by atoms with E-state index in [-0.39, 0.29) is 59.1 Å². The molecule has 2 fully saturated rings. The predicted octanol–water partition coefficient (Wildman–Crippen LogP) is 2.65. The third kappa shape index (κ3) is 6.36. The summed E-state index contributed by atoms with van der Waals surface area (Å²) in [6.07, 6.45) is 2.09. The number of ether oxygens (including phenoxy) is 1. The molecular formula is C30H33ClN8O5S. The van der Waals surface area contributed by atoms with E-state index < -0.39 is 21.5 Å². The van der Waals surface area contributed by atoms with Crippen LogP contribution < -0.4 is 16.8 Å². The molecule has 0 bridgehead atoms. The average Bonchev–Trinajstić information content (AvgIpc) is 3.44. The van der Waals surface area contributed by atoms with E-state index in [1.165, 1.54) is 16.4 Å². The summed E-state index contributed by atoms with van der Waals surface area (Å²) in [6, 6.07) is 15.7. The van der Waals surface area contributed by atoms with Gasteiger partial charge in [0.1, 0.15) is 5.84 Å². The Morgan fingerprint density at radius 1 is 0.978 bits per heavy atom. The highest BCUT2D eigenvalue weighted by Gasteiger charge is 2.40. The molecule has 2 aromatic carbocycles. The molecule has 13 nitrogen and oxygen atoms in total. The maximum absolute atomic E-state index is 13.6. The molecule has 1 unspecified atom stereocenters. The summed E-state index contributed by atoms with van der Waals surface area (Å²) in [5.74, 6) is -0.507. The number of halogens is 1. The van der Waals surface area contributed by atoms with Crippen LogP contribution in [0.3, 0.4) is 0 Å². The minimum atomic E-state index is -3.85. The Kier molecular flexibility index (Phi) is 8.48. The number of nitrogens with zero attached hydrogens (tertiary/aromatic N) is 5. The second-order valence-corrected chi connectivity index (χ2v) is 13.6. The number of aliphatic imine (C=N–C) groups is 1. The fraction of sp³-hybridized carbons (Fsp3) is 0.367. The fourth-order valence-corrected chi connectivity index (χ4v) is 7.56. The molecule has 45 heavy (non-hydrogen) atoms. The number of carbonyl (C=O) groups is 2. The zero-order chi connectivity index (χ0) is 31.8. The van der Waals surface area contributed by atoms with Crippen molar-refractivity contribution in [3.63, 3.8) is 0 Å². The van der Waals surface area contributed by atoms with E-state index in [1.54, 1.807) is 17.0 Å². The number of nitrogen functional groups attached to an aromatic ring is 2. The van der Waals surface area contributed by atoms with Crippen LogP contribution >= 0.6 is 11.6 Å². The van der Waals surface area contributed by atoms with Gasteiger partial charge in [-0.1, -0.05) is 48.0 Å². The Balaban J connectivity index is 1.09. The van der Waals surface area contributed by atoms with E-state index >= 15 is 0 Å². The van der Waals surface area contributed by atoms with Crippen molar-refractivity contribution >= 4 is 50.9 Å². The van der Waals surface area contributed by atoms with Crippen molar-refractivity contribution in [1.82, 2.24) is 24.5 Å². The van der Waals surface area contributed by atoms with Gasteiger partial charge in [-0.05, 0) is 43.0 Å². The number of rotatable bonds is 5. The molecule has 3 aliphatic rings. The second-order valence-electron chi connectivity index (χ2n) is 11.3. The summed E-state index contributed by atoms with van der Waals surface area (Å²) in [7, 11) is -3.85. The normalized spacial score (nSPS) is 20.2. The van der Waals surface area contributed by atoms with E-state index in [0.29, 0.717) is 50.2 Å². The topological polar surface area (TPSA) is 186 Å². The maximum Gasteiger partial charge on any atom is 0.279 e. The first-order valence-electron chi connectivity index (χ1n) is 14.6. The minimum absolute atomic E-state index is 0.0633. The fourth-order valence-electron chi connectivity index (χ4n) is 5.96. The second kappa shape index (κ2) is 12.4. The number of nitrogens with one attached hydrogen (secondary N) is 1. The zero-order valence-electron chi connectivity index (χ0n) is 24.4. The Morgan fingerprint density at radius 3 is 2.49 bits per heavy atom. The van der Waals surface area contributed by atoms with Crippen LogP contribution in [0.4, 0.5) is 11.6 Å². The highest BCUT2D eigenvalue weighted by atomic mass is 35.5. The lowest BCUT2D eigenvalue weighted by Crippen LogP contribution is -2.45. The summed E-state index contributed by atoms with van der Waals surface area (Å²) in [5, 5.41) is 2.64. The molecule has 3 aliphatic heterocycles. The number of hydrogen-bond acceptors (Lipinski definition) is 10. The lowest BCUT2D eigenvalue weighted by molar-refractivity contribution is -0.00255. The number of morpholine rings is 1. The third-order valence-corrected chi connectivity index (χ3v) is 10.6. The van der Waals surface area contributed by atoms with E-state index in [1.807, 2.05) is 30.3 Å². The summed E-state index contributed by atoms with van der Waals surface area (Å²) in [4.78, 5) is 40.6. The van der Waals surface area contributed by atoms with Crippen LogP contribution in [0.15, 0.2) is 64.5 Å². The molecule has 6 rings (SSSR count). The summed E-state index contributed by atoms with van der Waals surface area (Å²) in [6.45, 7) is 1.58. The van der Waals surface area contributed by atoms with Crippen LogP contribution in [0.5, 0.6) is 0 Å². The third-order valence-electron chi connectivity index (χ3n) is 8.48. The van der Waals surface area contributed by atoms with Crippen molar-refractivity contribution in [2.75, 3.05) is 44.3 Å². The Morgan fingerprint density at radius 2 is 1.73 bits per heavy atom. The number of amidine groups is 1. The monoisotopic (exact) mass is 652 g/mol. The van der Waals surface area contributed by atoms with Gasteiger partial charge in [0.2, 0.25) is 10.0 Å². The number of nitrogens with two attached hydrogens (primary N) is 2. The van der Waals surface area contributed by atoms with Crippen LogP contribution in [0, 0.1) is 0 Å². The molecule has 2 amide bonds. The molecular weight excluding hydrogens is 620 g/mol. The molecule has 0 radical (unpaired) electrons. The highest BCUT2D eigenvalue weighted by molar-refractivity contribution is 7.89. The van der Waals surface area contributed by atoms with Crippen LogP contribution in [-0.4, -0.2) is 83.6 Å². The molecule has 1 atom stereocenters. The van der Waals surface area contributed by atoms with Gasteiger partial charge in [0.05, 0.1) is 23.1 Å². The van der Waals surface area contributed by atoms with Crippen LogP contribution in [0.1, 0.15) is 58.2 Å². The van der Waals surface area contributed by atoms with Crippen LogP contribution in [0.25, 0.3) is 0 Å². The van der Waals surface area contributed by atoms with Gasteiger partial charge in [0, 0.05) is 38.2 Å². The number of aromatic nitrogens is 2. The molecule has 15 heteroatoms. The lowest BCUT2D eigenvalue weighted by Gasteiger charge is -2.37. The Bertz CT molecular complexity index is 1760. The number of benzene rings is 2. The van der Waals surface area contributed by atoms with Gasteiger partial charge >= 0.3 is 0 Å². The number of sulfonamides is 1. The van der Waals surface area contributed by atoms with E-state index in [9.17, 15) is 18.0 Å². The number of carbonyl (C=O) groups excluding carboxylic acids is 2. The van der Waals surface area contributed by atoms with Crippen LogP contribution in [0.2, 0.25) is 5.15 Å². The Labute approximate surface area is 265 Å². The van der Waals surface area contributed by atoms with Crippen molar-refractivity contribution in [2.24, 2.45) is 4.99 Å². The SMILES string of the molecule is Nc1nc(N)c(C(=O)NC2=NC3(CC2)CCN(C(=O)c2cccc(S(=O)(=O)N4CCOC(c5ccccc5)C4)c2)CC3)nc1Cl. The molecule has 1 spiro atoms. The number of amides is 2. The lowest BCUT2D eigenvalue weighted by atomic mass is 9.86. The molecule has 236 valence electrons. The van der Waals surface area contributed by atoms with Gasteiger partial charge in [-0.25, -0.2) is 18.4 Å². The van der Waals surface area contributed by atoms with Crippen molar-refractivity contribution in [3.05, 3.63) is 76.6 Å². The van der Waals surface area contributed by atoms with E-state index in [2.05, 4.69) is 15.3 Å².